The zero-order valence-corrected chi connectivity index (χ0v) is 9.32. The standard InChI is InChI=1S/C9H10N2O2.BrH/c1-7(12)8-3-2-4-11(5-8)6-9(10)13;/h2-5H,6H2,1H3,(H-,10,13);1H. The Morgan fingerprint density at radius 1 is 1.50 bits per heavy atom. The van der Waals surface area contributed by atoms with Crippen molar-refractivity contribution in [2.75, 3.05) is 0 Å². The van der Waals surface area contributed by atoms with Crippen molar-refractivity contribution < 1.29 is 31.1 Å². The van der Waals surface area contributed by atoms with Crippen molar-refractivity contribution in [3.8, 4) is 0 Å². The van der Waals surface area contributed by atoms with Gasteiger partial charge in [-0.25, -0.2) is 0 Å². The maximum atomic E-state index is 11.0. The molecule has 0 aliphatic heterocycles. The van der Waals surface area contributed by atoms with E-state index in [9.17, 15) is 9.59 Å². The van der Waals surface area contributed by atoms with Crippen LogP contribution in [0.3, 0.4) is 0 Å². The molecule has 0 aliphatic rings. The number of hydrogen-bond acceptors (Lipinski definition) is 2. The van der Waals surface area contributed by atoms with Crippen molar-refractivity contribution in [1.82, 2.24) is 0 Å². The normalized spacial score (nSPS) is 8.93. The van der Waals surface area contributed by atoms with Gasteiger partial charge in [-0.05, 0) is 13.0 Å². The highest BCUT2D eigenvalue weighted by Gasteiger charge is 2.08. The zero-order chi connectivity index (χ0) is 9.84. The van der Waals surface area contributed by atoms with Crippen LogP contribution in [0.4, 0.5) is 0 Å². The van der Waals surface area contributed by atoms with E-state index in [0.29, 0.717) is 5.56 Å². The van der Waals surface area contributed by atoms with E-state index in [1.54, 1.807) is 29.1 Å². The summed E-state index contributed by atoms with van der Waals surface area (Å²) < 4.78 is 1.58. The number of aromatic nitrogens is 1. The number of hydrogen-bond donors (Lipinski definition) is 1. The second-order valence-electron chi connectivity index (χ2n) is 2.79. The molecule has 5 heteroatoms. The first kappa shape index (κ1) is 12.8. The molecule has 76 valence electrons. The van der Waals surface area contributed by atoms with Gasteiger partial charge in [0.2, 0.25) is 6.54 Å². The first-order valence-corrected chi connectivity index (χ1v) is 3.88. The molecular weight excluding hydrogens is 248 g/mol. The van der Waals surface area contributed by atoms with Gasteiger partial charge in [0.15, 0.2) is 18.2 Å². The third-order valence-corrected chi connectivity index (χ3v) is 1.60. The van der Waals surface area contributed by atoms with Crippen LogP contribution in [0.1, 0.15) is 17.3 Å². The maximum absolute atomic E-state index is 11.0. The van der Waals surface area contributed by atoms with Crippen LogP contribution in [0.15, 0.2) is 24.5 Å². The van der Waals surface area contributed by atoms with Crippen LogP contribution in [-0.2, 0) is 11.3 Å². The van der Waals surface area contributed by atoms with E-state index in [0.717, 1.165) is 0 Å². The van der Waals surface area contributed by atoms with E-state index in [-0.39, 0.29) is 29.3 Å². The van der Waals surface area contributed by atoms with E-state index >= 15 is 0 Å². The summed E-state index contributed by atoms with van der Waals surface area (Å²) in [5.41, 5.74) is 5.58. The van der Waals surface area contributed by atoms with Gasteiger partial charge >= 0.3 is 0 Å². The van der Waals surface area contributed by atoms with Crippen molar-refractivity contribution in [1.29, 1.82) is 0 Å². The predicted molar refractivity (Wildman–Crippen MR) is 45.8 cm³/mol. The van der Waals surface area contributed by atoms with E-state index in [1.165, 1.54) is 6.92 Å². The molecule has 0 saturated carbocycles. The molecular formula is C9H11BrN2O2. The first-order valence-electron chi connectivity index (χ1n) is 3.88. The monoisotopic (exact) mass is 258 g/mol. The molecule has 0 bridgehead atoms. The van der Waals surface area contributed by atoms with Gasteiger partial charge in [-0.1, -0.05) is 0 Å². The molecule has 1 aromatic heterocycles. The van der Waals surface area contributed by atoms with Gasteiger partial charge in [-0.15, -0.1) is 0 Å². The number of ketones is 1. The molecule has 0 atom stereocenters. The zero-order valence-electron chi connectivity index (χ0n) is 7.74. The van der Waals surface area contributed by atoms with Crippen molar-refractivity contribution in [2.45, 2.75) is 13.5 Å². The lowest BCUT2D eigenvalue weighted by Crippen LogP contribution is -3.00. The third-order valence-electron chi connectivity index (χ3n) is 1.60. The first-order chi connectivity index (χ1) is 6.09. The fourth-order valence-corrected chi connectivity index (χ4v) is 1.01. The van der Waals surface area contributed by atoms with E-state index < -0.39 is 5.91 Å². The maximum Gasteiger partial charge on any atom is 0.283 e. The van der Waals surface area contributed by atoms with Crippen LogP contribution >= 0.6 is 0 Å². The number of Topliss-reactive ketones (excluding diaryl/α,β-unsaturated/α-hetero) is 1. The van der Waals surface area contributed by atoms with Gasteiger partial charge in [-0.3, -0.25) is 9.59 Å². The predicted octanol–water partition coefficient (Wildman–Crippen LogP) is -3.33. The second kappa shape index (κ2) is 5.49. The summed E-state index contributed by atoms with van der Waals surface area (Å²) in [5, 5.41) is 0. The minimum Gasteiger partial charge on any atom is -1.00 e. The molecule has 4 nitrogen and oxygen atoms in total. The van der Waals surface area contributed by atoms with Crippen molar-refractivity contribution in [2.24, 2.45) is 5.73 Å². The highest BCUT2D eigenvalue weighted by atomic mass is 79.9. The Hall–Kier alpha value is -1.23. The average Bonchev–Trinajstić information content (AvgIpc) is 2.03. The van der Waals surface area contributed by atoms with E-state index in [2.05, 4.69) is 0 Å². The molecule has 0 unspecified atom stereocenters. The molecule has 0 aromatic carbocycles. The summed E-state index contributed by atoms with van der Waals surface area (Å²) in [6.45, 7) is 1.57. The Morgan fingerprint density at radius 3 is 2.64 bits per heavy atom. The van der Waals surface area contributed by atoms with Crippen LogP contribution in [0.2, 0.25) is 0 Å². The number of pyridine rings is 1. The summed E-state index contributed by atoms with van der Waals surface area (Å²) in [5.74, 6) is -0.454. The van der Waals surface area contributed by atoms with Crippen LogP contribution in [0.25, 0.3) is 0 Å². The summed E-state index contributed by atoms with van der Waals surface area (Å²) in [6, 6.07) is 3.40. The van der Waals surface area contributed by atoms with Crippen LogP contribution in [0, 0.1) is 0 Å². The summed E-state index contributed by atoms with van der Waals surface area (Å²) in [7, 11) is 0. The number of rotatable bonds is 3. The lowest BCUT2D eigenvalue weighted by atomic mass is 10.2. The fraction of sp³-hybridized carbons (Fsp3) is 0.222. The topological polar surface area (TPSA) is 64.0 Å². The van der Waals surface area contributed by atoms with Gasteiger partial charge in [0.05, 0.1) is 5.56 Å². The van der Waals surface area contributed by atoms with Gasteiger partial charge in [0.25, 0.3) is 5.91 Å². The van der Waals surface area contributed by atoms with Gasteiger partial charge in [0, 0.05) is 6.07 Å². The molecule has 1 amide bonds. The molecule has 0 aliphatic carbocycles. The summed E-state index contributed by atoms with van der Waals surface area (Å²) in [6.07, 6.45) is 3.30. The molecule has 14 heavy (non-hydrogen) atoms. The minimum atomic E-state index is -0.425. The fourth-order valence-electron chi connectivity index (χ4n) is 1.01. The largest absolute Gasteiger partial charge is 1.00 e. The van der Waals surface area contributed by atoms with Gasteiger partial charge < -0.3 is 22.7 Å². The van der Waals surface area contributed by atoms with Crippen LogP contribution in [0.5, 0.6) is 0 Å². The number of halogens is 1. The van der Waals surface area contributed by atoms with Crippen LogP contribution < -0.4 is 27.3 Å². The Kier molecular flexibility index (Phi) is 5.01. The molecule has 0 fully saturated rings. The third kappa shape index (κ3) is 3.66. The number of nitrogens with zero attached hydrogens (tertiary/aromatic N) is 1. The Balaban J connectivity index is 0.00000169. The lowest BCUT2D eigenvalue weighted by molar-refractivity contribution is -0.684. The Bertz CT molecular complexity index is 352. The lowest BCUT2D eigenvalue weighted by Gasteiger charge is -1.94. The molecule has 0 saturated heterocycles. The number of primary amides is 1. The number of amides is 1. The summed E-state index contributed by atoms with van der Waals surface area (Å²) >= 11 is 0. The second-order valence-corrected chi connectivity index (χ2v) is 2.79. The number of carbonyl (C=O) groups excluding carboxylic acids is 2. The van der Waals surface area contributed by atoms with E-state index in [1.807, 2.05) is 0 Å². The summed E-state index contributed by atoms with van der Waals surface area (Å²) in [4.78, 5) is 21.5. The number of nitrogens with two attached hydrogens (primary N) is 1. The molecule has 1 heterocycles. The molecule has 2 N–H and O–H groups in total. The molecule has 1 rings (SSSR count). The quantitative estimate of drug-likeness (QED) is 0.456. The molecule has 1 aromatic rings. The minimum absolute atomic E-state index is 0. The van der Waals surface area contributed by atoms with Gasteiger partial charge in [-0.2, -0.15) is 4.57 Å². The van der Waals surface area contributed by atoms with Crippen molar-refractivity contribution in [3.05, 3.63) is 30.1 Å². The SMILES string of the molecule is CC(=O)c1ccc[n+](CC(N)=O)c1.[Br-]. The Morgan fingerprint density at radius 2 is 2.14 bits per heavy atom. The highest BCUT2D eigenvalue weighted by Crippen LogP contribution is 1.94. The van der Waals surface area contributed by atoms with Gasteiger partial charge in [0.1, 0.15) is 0 Å². The van der Waals surface area contributed by atoms with Crippen LogP contribution in [-0.4, -0.2) is 11.7 Å². The smallest absolute Gasteiger partial charge is 0.283 e. The average molecular weight is 259 g/mol. The number of carbonyl (C=O) groups is 2. The highest BCUT2D eigenvalue weighted by molar-refractivity contribution is 5.93. The van der Waals surface area contributed by atoms with E-state index in [4.69, 9.17) is 5.73 Å². The van der Waals surface area contributed by atoms with Crippen molar-refractivity contribution in [3.63, 3.8) is 0 Å². The Labute approximate surface area is 92.5 Å². The molecule has 0 spiro atoms. The molecule has 0 radical (unpaired) electrons. The van der Waals surface area contributed by atoms with Crippen molar-refractivity contribution >= 4 is 11.7 Å².